The lowest BCUT2D eigenvalue weighted by atomic mass is 9.85. The molecule has 1 aromatic carbocycles. The quantitative estimate of drug-likeness (QED) is 0.652. The zero-order chi connectivity index (χ0) is 20.9. The number of rotatable bonds is 5. The number of urea groups is 1. The van der Waals surface area contributed by atoms with Gasteiger partial charge in [0.1, 0.15) is 10.8 Å². The van der Waals surface area contributed by atoms with Crippen LogP contribution in [0.2, 0.25) is 0 Å². The number of aromatic nitrogens is 3. The number of amides is 2. The fourth-order valence-electron chi connectivity index (χ4n) is 3.76. The van der Waals surface area contributed by atoms with Gasteiger partial charge in [-0.15, -0.1) is 0 Å². The highest BCUT2D eigenvalue weighted by Gasteiger charge is 2.32. The molecule has 1 aliphatic heterocycles. The number of carbonyl (C=O) groups excluding carboxylic acids is 1. The van der Waals surface area contributed by atoms with Gasteiger partial charge in [0.25, 0.3) is 0 Å². The minimum Gasteiger partial charge on any atom is -0.497 e. The third-order valence-electron chi connectivity index (χ3n) is 5.27. The van der Waals surface area contributed by atoms with Crippen molar-refractivity contribution in [3.05, 3.63) is 60.0 Å². The summed E-state index contributed by atoms with van der Waals surface area (Å²) in [4.78, 5) is 14.9. The summed E-state index contributed by atoms with van der Waals surface area (Å²) in [6.45, 7) is 3.49. The van der Waals surface area contributed by atoms with Gasteiger partial charge in [0.2, 0.25) is 0 Å². The van der Waals surface area contributed by atoms with Crippen LogP contribution in [0.4, 0.5) is 15.5 Å². The molecule has 0 radical (unpaired) electrons. The molecule has 30 heavy (non-hydrogen) atoms. The number of carbonyl (C=O) groups is 1. The summed E-state index contributed by atoms with van der Waals surface area (Å²) in [5.74, 6) is 0.930. The van der Waals surface area contributed by atoms with E-state index in [-0.39, 0.29) is 18.0 Å². The van der Waals surface area contributed by atoms with Crippen molar-refractivity contribution in [1.82, 2.24) is 19.9 Å². The van der Waals surface area contributed by atoms with E-state index < -0.39 is 0 Å². The van der Waals surface area contributed by atoms with Crippen LogP contribution >= 0.6 is 11.5 Å². The number of aryl methyl sites for hydroxylation is 1. The Hall–Kier alpha value is -3.20. The molecule has 156 valence electrons. The van der Waals surface area contributed by atoms with E-state index in [1.807, 2.05) is 31.2 Å². The van der Waals surface area contributed by atoms with Gasteiger partial charge in [-0.2, -0.15) is 14.6 Å². The molecule has 1 saturated heterocycles. The van der Waals surface area contributed by atoms with Gasteiger partial charge < -0.3 is 15.0 Å². The predicted molar refractivity (Wildman–Crippen MR) is 117 cm³/mol. The molecule has 4 rings (SSSR count). The van der Waals surface area contributed by atoms with Crippen molar-refractivity contribution in [2.45, 2.75) is 25.3 Å². The van der Waals surface area contributed by atoms with Crippen LogP contribution in [0, 0.1) is 6.92 Å². The number of ether oxygens (including phenoxy) is 1. The van der Waals surface area contributed by atoms with Crippen molar-refractivity contribution < 1.29 is 9.53 Å². The third kappa shape index (κ3) is 4.68. The van der Waals surface area contributed by atoms with Gasteiger partial charge >= 0.3 is 6.03 Å². The van der Waals surface area contributed by atoms with E-state index >= 15 is 0 Å². The first-order valence-electron chi connectivity index (χ1n) is 9.79. The van der Waals surface area contributed by atoms with Gasteiger partial charge in [-0.05, 0) is 54.7 Å². The van der Waals surface area contributed by atoms with Gasteiger partial charge in [0, 0.05) is 25.0 Å². The van der Waals surface area contributed by atoms with E-state index in [0.717, 1.165) is 47.2 Å². The minimum atomic E-state index is -0.207. The second kappa shape index (κ2) is 9.08. The number of methoxy groups -OCH3 is 1. The first kappa shape index (κ1) is 20.1. The molecule has 2 aromatic heterocycles. The number of nitrogens with zero attached hydrogens (tertiary/aromatic N) is 4. The molecule has 0 aliphatic carbocycles. The molecule has 1 unspecified atom stereocenters. The highest BCUT2D eigenvalue weighted by atomic mass is 32.1. The summed E-state index contributed by atoms with van der Waals surface area (Å²) in [5.41, 5.74) is 3.08. The molecule has 1 fully saturated rings. The number of nitrogens with one attached hydrogen (secondary N) is 2. The Bertz CT molecular complexity index is 979. The molecule has 1 aliphatic rings. The topological polar surface area (TPSA) is 92.3 Å². The molecule has 0 spiro atoms. The highest BCUT2D eigenvalue weighted by molar-refractivity contribution is 7.10. The zero-order valence-electron chi connectivity index (χ0n) is 16.9. The maximum Gasteiger partial charge on any atom is 0.320 e. The van der Waals surface area contributed by atoms with Crippen LogP contribution in [0.3, 0.4) is 0 Å². The number of hydrogen-bond acceptors (Lipinski definition) is 7. The summed E-state index contributed by atoms with van der Waals surface area (Å²) >= 11 is 1.28. The van der Waals surface area contributed by atoms with Crippen LogP contribution in [-0.4, -0.2) is 46.8 Å². The normalized spacial score (nSPS) is 18.7. The fraction of sp³-hybridized carbons (Fsp3) is 0.333. The number of piperidine rings is 1. The molecule has 3 heterocycles. The van der Waals surface area contributed by atoms with Crippen molar-refractivity contribution in [2.24, 2.45) is 0 Å². The smallest absolute Gasteiger partial charge is 0.320 e. The molecular weight excluding hydrogens is 400 g/mol. The Kier molecular flexibility index (Phi) is 6.08. The SMILES string of the molecule is COc1ccc(C2CN(c3ccnnc3)CC[C@H]2NC(=O)Nc2cc(C)ns2)cc1. The monoisotopic (exact) mass is 424 g/mol. The van der Waals surface area contributed by atoms with Gasteiger partial charge in [-0.1, -0.05) is 12.1 Å². The maximum atomic E-state index is 12.6. The molecular formula is C21H24N6O2S. The largest absolute Gasteiger partial charge is 0.497 e. The van der Waals surface area contributed by atoms with E-state index in [1.165, 1.54) is 11.5 Å². The second-order valence-corrected chi connectivity index (χ2v) is 8.06. The lowest BCUT2D eigenvalue weighted by Gasteiger charge is -2.40. The van der Waals surface area contributed by atoms with Crippen LogP contribution in [0.5, 0.6) is 5.75 Å². The van der Waals surface area contributed by atoms with Crippen molar-refractivity contribution in [3.8, 4) is 5.75 Å². The molecule has 8 nitrogen and oxygen atoms in total. The number of anilines is 2. The molecule has 2 amide bonds. The third-order valence-corrected chi connectivity index (χ3v) is 6.07. The molecule has 0 bridgehead atoms. The summed E-state index contributed by atoms with van der Waals surface area (Å²) in [5, 5.41) is 14.7. The molecule has 3 aromatic rings. The summed E-state index contributed by atoms with van der Waals surface area (Å²) in [6.07, 6.45) is 4.29. The molecule has 9 heteroatoms. The van der Waals surface area contributed by atoms with E-state index in [4.69, 9.17) is 4.74 Å². The summed E-state index contributed by atoms with van der Waals surface area (Å²) in [7, 11) is 1.66. The van der Waals surface area contributed by atoms with Gasteiger partial charge in [-0.3, -0.25) is 5.32 Å². The number of benzene rings is 1. The van der Waals surface area contributed by atoms with Crippen molar-refractivity contribution in [2.75, 3.05) is 30.4 Å². The first-order valence-corrected chi connectivity index (χ1v) is 10.6. The van der Waals surface area contributed by atoms with Crippen LogP contribution in [0.1, 0.15) is 23.6 Å². The lowest BCUT2D eigenvalue weighted by molar-refractivity contribution is 0.243. The fourth-order valence-corrected chi connectivity index (χ4v) is 4.41. The van der Waals surface area contributed by atoms with E-state index in [2.05, 4.69) is 42.2 Å². The molecule has 2 atom stereocenters. The minimum absolute atomic E-state index is 0.00143. The first-order chi connectivity index (χ1) is 14.6. The zero-order valence-corrected chi connectivity index (χ0v) is 17.7. The number of hydrogen-bond donors (Lipinski definition) is 2. The van der Waals surface area contributed by atoms with Gasteiger partial charge in [0.05, 0.1) is 30.9 Å². The van der Waals surface area contributed by atoms with E-state index in [1.54, 1.807) is 19.5 Å². The predicted octanol–water partition coefficient (Wildman–Crippen LogP) is 3.43. The average molecular weight is 425 g/mol. The molecule has 2 N–H and O–H groups in total. The standard InChI is InChI=1S/C21H24N6O2S/c1-14-11-20(30-26-14)25-21(28)24-19-8-10-27(16-7-9-22-23-12-16)13-18(19)15-3-5-17(29-2)6-4-15/h3-7,9,11-12,18-19H,8,10,13H2,1-2H3,(H2,24,25,28)/t18?,19-/m1/s1. The van der Waals surface area contributed by atoms with E-state index in [9.17, 15) is 4.79 Å². The second-order valence-electron chi connectivity index (χ2n) is 7.25. The summed E-state index contributed by atoms with van der Waals surface area (Å²) in [6, 6.07) is 11.7. The lowest BCUT2D eigenvalue weighted by Crippen LogP contribution is -2.50. The Balaban J connectivity index is 1.52. The molecule has 0 saturated carbocycles. The van der Waals surface area contributed by atoms with E-state index in [0.29, 0.717) is 0 Å². The maximum absolute atomic E-state index is 12.6. The van der Waals surface area contributed by atoms with Crippen molar-refractivity contribution in [3.63, 3.8) is 0 Å². The Morgan fingerprint density at radius 3 is 2.73 bits per heavy atom. The Morgan fingerprint density at radius 2 is 2.07 bits per heavy atom. The summed E-state index contributed by atoms with van der Waals surface area (Å²) < 4.78 is 9.51. The van der Waals surface area contributed by atoms with Crippen LogP contribution in [-0.2, 0) is 0 Å². The van der Waals surface area contributed by atoms with Crippen LogP contribution in [0.25, 0.3) is 0 Å². The van der Waals surface area contributed by atoms with Gasteiger partial charge in [0.15, 0.2) is 0 Å². The van der Waals surface area contributed by atoms with Gasteiger partial charge in [-0.25, -0.2) is 4.79 Å². The average Bonchev–Trinajstić information content (AvgIpc) is 3.19. The highest BCUT2D eigenvalue weighted by Crippen LogP contribution is 2.31. The van der Waals surface area contributed by atoms with Crippen LogP contribution in [0.15, 0.2) is 48.8 Å². The Morgan fingerprint density at radius 1 is 1.23 bits per heavy atom. The van der Waals surface area contributed by atoms with Crippen molar-refractivity contribution >= 4 is 28.3 Å². The van der Waals surface area contributed by atoms with Crippen LogP contribution < -0.4 is 20.3 Å². The Labute approximate surface area is 179 Å². The van der Waals surface area contributed by atoms with Crippen molar-refractivity contribution in [1.29, 1.82) is 0 Å².